The van der Waals surface area contributed by atoms with Gasteiger partial charge >= 0.3 is 0 Å². The topological polar surface area (TPSA) is 9.23 Å². The summed E-state index contributed by atoms with van der Waals surface area (Å²) in [6.45, 7) is 2.44. The fourth-order valence-electron chi connectivity index (χ4n) is 4.31. The van der Waals surface area contributed by atoms with Gasteiger partial charge in [-0.3, -0.25) is 0 Å². The van der Waals surface area contributed by atoms with E-state index < -0.39 is 42.6 Å². The quantitative estimate of drug-likeness (QED) is 0.637. The average Bonchev–Trinajstić information content (AvgIpc) is 2.75. The highest BCUT2D eigenvalue weighted by Crippen LogP contribution is 2.65. The molecule has 2 fully saturated rings. The first-order valence-corrected chi connectivity index (χ1v) is 7.18. The zero-order chi connectivity index (χ0) is 22.5. The maximum atomic E-state index is 8.72. The third-order valence-electron chi connectivity index (χ3n) is 5.61. The van der Waals surface area contributed by atoms with E-state index in [2.05, 4.69) is 0 Å². The highest BCUT2D eigenvalue weighted by molar-refractivity contribution is 5.31. The Balaban J connectivity index is 2.23. The van der Waals surface area contributed by atoms with Crippen LogP contribution in [0.3, 0.4) is 0 Å². The van der Waals surface area contributed by atoms with Crippen molar-refractivity contribution < 1.29 is 18.4 Å². The van der Waals surface area contributed by atoms with Crippen molar-refractivity contribution in [2.24, 2.45) is 11.3 Å². The lowest BCUT2D eigenvalue weighted by molar-refractivity contribution is -0.132. The van der Waals surface area contributed by atoms with Crippen LogP contribution in [0.25, 0.3) is 0 Å². The van der Waals surface area contributed by atoms with Crippen LogP contribution in [0.1, 0.15) is 92.6 Å². The summed E-state index contributed by atoms with van der Waals surface area (Å²) in [5.74, 6) is 0.109. The summed E-state index contributed by atoms with van der Waals surface area (Å²) in [6, 6.07) is -0.101. The number of allylic oxidation sites excluding steroid dienone is 1. The standard InChI is InChI=1S/C18H30O/c1-5-6-8-14-9-7-11-17(4)12-10-15-13-18(14,17)19-16(15,2)3/h9,15H,5-8,10-13H2,1-4H3/t15-,17+,18+/m1/s1/i1D3,5D2,6D2,8D2,9D. The van der Waals surface area contributed by atoms with Crippen molar-refractivity contribution in [3.63, 3.8) is 0 Å². The highest BCUT2D eigenvalue weighted by Gasteiger charge is 2.64. The number of ether oxygens (including phenoxy) is 1. The number of fused-ring (bicyclic) bond motifs is 1. The van der Waals surface area contributed by atoms with Crippen LogP contribution in [0.15, 0.2) is 11.6 Å². The van der Waals surface area contributed by atoms with Crippen molar-refractivity contribution in [3.05, 3.63) is 11.6 Å². The molecule has 0 amide bonds. The predicted octanol–water partition coefficient (Wildman–Crippen LogP) is 5.25. The van der Waals surface area contributed by atoms with E-state index in [0.29, 0.717) is 12.8 Å². The summed E-state index contributed by atoms with van der Waals surface area (Å²) in [6.07, 6.45) is -7.00. The number of rotatable bonds is 3. The average molecular weight is 272 g/mol. The Morgan fingerprint density at radius 2 is 2.32 bits per heavy atom. The fourth-order valence-corrected chi connectivity index (χ4v) is 4.31. The Bertz CT molecular complexity index is 737. The van der Waals surface area contributed by atoms with Gasteiger partial charge in [-0.2, -0.15) is 0 Å². The lowest BCUT2D eigenvalue weighted by Crippen LogP contribution is -2.51. The molecule has 3 atom stereocenters. The van der Waals surface area contributed by atoms with E-state index in [9.17, 15) is 0 Å². The molecule has 1 heterocycles. The zero-order valence-corrected chi connectivity index (χ0v) is 12.0. The second-order valence-corrected chi connectivity index (χ2v) is 6.96. The van der Waals surface area contributed by atoms with Crippen LogP contribution >= 0.6 is 0 Å². The summed E-state index contributed by atoms with van der Waals surface area (Å²) in [5, 5.41) is 0. The molecule has 0 aromatic rings. The van der Waals surface area contributed by atoms with Crippen LogP contribution in [-0.2, 0) is 4.74 Å². The summed E-state index contributed by atoms with van der Waals surface area (Å²) < 4.78 is 87.5. The van der Waals surface area contributed by atoms with E-state index in [4.69, 9.17) is 18.4 Å². The molecule has 0 unspecified atom stereocenters. The SMILES string of the molecule is [2H]C1=C(C([2H])([2H])C([2H])([2H])C([2H])([2H])C([2H])([2H])[2H])[C@@]23C[C@@H](CC[C@]2(C)CC1)C(C)(C)O3. The van der Waals surface area contributed by atoms with Crippen molar-refractivity contribution in [1.29, 1.82) is 0 Å². The third kappa shape index (κ3) is 1.84. The lowest BCUT2D eigenvalue weighted by Gasteiger charge is -2.52. The Hall–Kier alpha value is -0.300. The molecule has 1 saturated heterocycles. The van der Waals surface area contributed by atoms with Gasteiger partial charge in [0.25, 0.3) is 0 Å². The second-order valence-electron chi connectivity index (χ2n) is 6.96. The maximum Gasteiger partial charge on any atom is 0.0955 e. The Morgan fingerprint density at radius 3 is 3.11 bits per heavy atom. The van der Waals surface area contributed by atoms with E-state index >= 15 is 0 Å². The maximum absolute atomic E-state index is 8.72. The van der Waals surface area contributed by atoms with Gasteiger partial charge in [-0.15, -0.1) is 0 Å². The van der Waals surface area contributed by atoms with Crippen molar-refractivity contribution in [2.45, 2.75) is 90.0 Å². The molecule has 0 aromatic carbocycles. The van der Waals surface area contributed by atoms with Gasteiger partial charge in [0.05, 0.1) is 12.6 Å². The minimum Gasteiger partial charge on any atom is -0.364 e. The van der Waals surface area contributed by atoms with Gasteiger partial charge in [0.2, 0.25) is 0 Å². The molecule has 1 heteroatoms. The van der Waals surface area contributed by atoms with Crippen molar-refractivity contribution >= 4 is 0 Å². The Labute approximate surface area is 132 Å². The smallest absolute Gasteiger partial charge is 0.0955 e. The molecule has 1 spiro atoms. The lowest BCUT2D eigenvalue weighted by atomic mass is 9.55. The van der Waals surface area contributed by atoms with Crippen LogP contribution in [0.5, 0.6) is 0 Å². The van der Waals surface area contributed by atoms with E-state index in [0.717, 1.165) is 12.8 Å². The van der Waals surface area contributed by atoms with Gasteiger partial charge in [-0.25, -0.2) is 0 Å². The summed E-state index contributed by atoms with van der Waals surface area (Å²) >= 11 is 0. The molecule has 0 radical (unpaired) electrons. The van der Waals surface area contributed by atoms with Gasteiger partial charge in [0.1, 0.15) is 0 Å². The molecule has 0 N–H and O–H groups in total. The molecular weight excluding hydrogens is 232 g/mol. The van der Waals surface area contributed by atoms with Gasteiger partial charge in [0, 0.05) is 17.8 Å². The van der Waals surface area contributed by atoms with Crippen molar-refractivity contribution in [3.8, 4) is 0 Å². The number of hydrogen-bond donors (Lipinski definition) is 0. The molecule has 3 aliphatic rings. The van der Waals surface area contributed by atoms with Gasteiger partial charge in [-0.05, 0) is 70.2 Å². The number of hydrogen-bond acceptors (Lipinski definition) is 1. The molecule has 1 nitrogen and oxygen atoms in total. The Morgan fingerprint density at radius 1 is 1.47 bits per heavy atom. The first kappa shape index (κ1) is 6.22. The van der Waals surface area contributed by atoms with E-state index in [-0.39, 0.29) is 24.0 Å². The van der Waals surface area contributed by atoms with Gasteiger partial charge < -0.3 is 4.74 Å². The molecule has 1 aliphatic heterocycles. The second kappa shape index (κ2) is 4.35. The van der Waals surface area contributed by atoms with Crippen LogP contribution in [0, 0.1) is 11.3 Å². The monoisotopic (exact) mass is 272 g/mol. The van der Waals surface area contributed by atoms with E-state index in [1.54, 1.807) is 0 Å². The minimum atomic E-state index is -3.45. The summed E-state index contributed by atoms with van der Waals surface area (Å²) in [4.78, 5) is 0. The summed E-state index contributed by atoms with van der Waals surface area (Å²) in [5.41, 5.74) is -2.55. The van der Waals surface area contributed by atoms with Gasteiger partial charge in [-0.1, -0.05) is 26.2 Å². The molecule has 3 rings (SSSR count). The predicted molar refractivity (Wildman–Crippen MR) is 80.2 cm³/mol. The van der Waals surface area contributed by atoms with E-state index in [1.165, 1.54) is 0 Å². The third-order valence-corrected chi connectivity index (χ3v) is 5.61. The molecule has 2 bridgehead atoms. The normalized spacial score (nSPS) is 55.0. The Kier molecular flexibility index (Phi) is 1.42. The van der Waals surface area contributed by atoms with Crippen LogP contribution in [0.2, 0.25) is 0 Å². The molecule has 1 saturated carbocycles. The molecule has 108 valence electrons. The highest BCUT2D eigenvalue weighted by atomic mass is 16.5. The van der Waals surface area contributed by atoms with Crippen LogP contribution < -0.4 is 0 Å². The first-order chi connectivity index (χ1) is 12.8. The van der Waals surface area contributed by atoms with Crippen molar-refractivity contribution in [2.75, 3.05) is 0 Å². The van der Waals surface area contributed by atoms with Crippen molar-refractivity contribution in [1.82, 2.24) is 0 Å². The first-order valence-electron chi connectivity index (χ1n) is 12.2. The molecule has 2 aliphatic carbocycles. The summed E-state index contributed by atoms with van der Waals surface area (Å²) in [7, 11) is 0. The molecular formula is C18H30O. The van der Waals surface area contributed by atoms with Gasteiger partial charge in [0.15, 0.2) is 0 Å². The fraction of sp³-hybridized carbons (Fsp3) is 0.889. The molecule has 19 heavy (non-hydrogen) atoms. The van der Waals surface area contributed by atoms with Crippen LogP contribution in [-0.4, -0.2) is 11.2 Å². The minimum absolute atomic E-state index is 0.101. The van der Waals surface area contributed by atoms with E-state index in [1.807, 2.05) is 20.8 Å². The molecule has 0 aromatic heterocycles. The zero-order valence-electron chi connectivity index (χ0n) is 22.0. The van der Waals surface area contributed by atoms with Crippen LogP contribution in [0.4, 0.5) is 0 Å². The largest absolute Gasteiger partial charge is 0.364 e.